The Balaban J connectivity index is 1.68. The number of thiazole rings is 1. The Morgan fingerprint density at radius 3 is 2.74 bits per heavy atom. The standard InChI is InChI=1S/C16H18Cl2N4O4S/c1-7-11(17)12(18)13(20-7)14(23)21-8-3-4-22(6-9(8)26-2)16-19-5-10(27-16)15(24)25/h5,8-9,20H,3-4,6H2,1-2H3,(H,21,23)(H,24,25)/t8-,9-/m0/s1. The molecule has 2 aromatic heterocycles. The molecule has 0 saturated carbocycles. The number of aromatic carboxylic acids is 1. The van der Waals surface area contributed by atoms with Crippen molar-refractivity contribution in [1.29, 1.82) is 0 Å². The molecule has 0 spiro atoms. The van der Waals surface area contributed by atoms with Gasteiger partial charge in [-0.1, -0.05) is 34.5 Å². The van der Waals surface area contributed by atoms with Crippen LogP contribution < -0.4 is 10.2 Å². The average molecular weight is 433 g/mol. The second-order valence-corrected chi connectivity index (χ2v) is 7.92. The first-order valence-corrected chi connectivity index (χ1v) is 9.70. The van der Waals surface area contributed by atoms with Gasteiger partial charge in [0.25, 0.3) is 5.91 Å². The van der Waals surface area contributed by atoms with Crippen LogP contribution in [0.4, 0.5) is 5.13 Å². The summed E-state index contributed by atoms with van der Waals surface area (Å²) in [4.78, 5) is 32.8. The molecule has 1 fully saturated rings. The van der Waals surface area contributed by atoms with Crippen molar-refractivity contribution in [2.75, 3.05) is 25.1 Å². The van der Waals surface area contributed by atoms with Crippen molar-refractivity contribution in [3.8, 4) is 0 Å². The van der Waals surface area contributed by atoms with Gasteiger partial charge in [-0.2, -0.15) is 0 Å². The lowest BCUT2D eigenvalue weighted by atomic mass is 10.0. The summed E-state index contributed by atoms with van der Waals surface area (Å²) in [6, 6.07) is -0.226. The number of methoxy groups -OCH3 is 1. The van der Waals surface area contributed by atoms with Gasteiger partial charge in [-0.05, 0) is 13.3 Å². The van der Waals surface area contributed by atoms with Crippen LogP contribution in [-0.2, 0) is 4.74 Å². The van der Waals surface area contributed by atoms with E-state index in [9.17, 15) is 9.59 Å². The fourth-order valence-electron chi connectivity index (χ4n) is 2.97. The number of anilines is 1. The van der Waals surface area contributed by atoms with E-state index in [0.29, 0.717) is 35.4 Å². The Hall–Kier alpha value is -1.81. The molecule has 2 aromatic rings. The van der Waals surface area contributed by atoms with Crippen molar-refractivity contribution in [2.45, 2.75) is 25.5 Å². The molecule has 1 saturated heterocycles. The molecule has 3 rings (SSSR count). The van der Waals surface area contributed by atoms with E-state index in [4.69, 9.17) is 33.0 Å². The van der Waals surface area contributed by atoms with Gasteiger partial charge in [-0.15, -0.1) is 0 Å². The summed E-state index contributed by atoms with van der Waals surface area (Å²) in [6.07, 6.45) is 1.67. The van der Waals surface area contributed by atoms with Gasteiger partial charge in [0, 0.05) is 25.9 Å². The van der Waals surface area contributed by atoms with Gasteiger partial charge < -0.3 is 25.0 Å². The Morgan fingerprint density at radius 2 is 2.19 bits per heavy atom. The third-order valence-corrected chi connectivity index (χ3v) is 6.43. The molecule has 3 heterocycles. The van der Waals surface area contributed by atoms with Gasteiger partial charge in [0.05, 0.1) is 28.4 Å². The van der Waals surface area contributed by atoms with Crippen LogP contribution in [0, 0.1) is 6.92 Å². The number of ether oxygens (including phenoxy) is 1. The molecular weight excluding hydrogens is 415 g/mol. The van der Waals surface area contributed by atoms with E-state index < -0.39 is 5.97 Å². The highest BCUT2D eigenvalue weighted by Gasteiger charge is 2.33. The molecule has 1 aliphatic rings. The van der Waals surface area contributed by atoms with E-state index in [1.54, 1.807) is 14.0 Å². The number of carboxylic acid groups (broad SMARTS) is 1. The zero-order valence-electron chi connectivity index (χ0n) is 14.6. The molecule has 27 heavy (non-hydrogen) atoms. The van der Waals surface area contributed by atoms with Crippen LogP contribution in [0.3, 0.4) is 0 Å². The molecule has 0 aromatic carbocycles. The molecule has 0 unspecified atom stereocenters. The first-order valence-electron chi connectivity index (χ1n) is 8.13. The minimum Gasteiger partial charge on any atom is -0.477 e. The highest BCUT2D eigenvalue weighted by Crippen LogP contribution is 2.30. The smallest absolute Gasteiger partial charge is 0.347 e. The highest BCUT2D eigenvalue weighted by molar-refractivity contribution is 7.17. The van der Waals surface area contributed by atoms with Crippen molar-refractivity contribution in [1.82, 2.24) is 15.3 Å². The normalized spacial score (nSPS) is 19.9. The lowest BCUT2D eigenvalue weighted by Crippen LogP contribution is -2.55. The van der Waals surface area contributed by atoms with Crippen molar-refractivity contribution >= 4 is 51.5 Å². The number of hydrogen-bond acceptors (Lipinski definition) is 6. The van der Waals surface area contributed by atoms with Gasteiger partial charge in [-0.3, -0.25) is 4.79 Å². The second kappa shape index (κ2) is 8.05. The number of carboxylic acids is 1. The first kappa shape index (κ1) is 19.9. The Bertz CT molecular complexity index is 869. The zero-order valence-corrected chi connectivity index (χ0v) is 16.9. The van der Waals surface area contributed by atoms with Crippen molar-refractivity contribution in [2.24, 2.45) is 0 Å². The van der Waals surface area contributed by atoms with Crippen molar-refractivity contribution in [3.63, 3.8) is 0 Å². The van der Waals surface area contributed by atoms with Crippen LogP contribution in [0.2, 0.25) is 10.0 Å². The summed E-state index contributed by atoms with van der Waals surface area (Å²) in [6.45, 7) is 2.82. The largest absolute Gasteiger partial charge is 0.477 e. The number of carbonyl (C=O) groups is 2. The van der Waals surface area contributed by atoms with Gasteiger partial charge in [0.15, 0.2) is 5.13 Å². The fraction of sp³-hybridized carbons (Fsp3) is 0.438. The maximum atomic E-state index is 12.6. The molecule has 11 heteroatoms. The van der Waals surface area contributed by atoms with Gasteiger partial charge in [0.1, 0.15) is 10.6 Å². The van der Waals surface area contributed by atoms with E-state index in [-0.39, 0.29) is 33.6 Å². The van der Waals surface area contributed by atoms with E-state index in [1.807, 2.05) is 4.90 Å². The lowest BCUT2D eigenvalue weighted by molar-refractivity contribution is 0.0540. The molecule has 146 valence electrons. The third-order valence-electron chi connectivity index (χ3n) is 4.43. The predicted octanol–water partition coefficient (Wildman–Crippen LogP) is 2.81. The Kier molecular flexibility index (Phi) is 5.95. The molecule has 2 atom stereocenters. The summed E-state index contributed by atoms with van der Waals surface area (Å²) in [5.41, 5.74) is 0.852. The molecule has 3 N–H and O–H groups in total. The summed E-state index contributed by atoms with van der Waals surface area (Å²) < 4.78 is 5.54. The predicted molar refractivity (Wildman–Crippen MR) is 104 cm³/mol. The van der Waals surface area contributed by atoms with E-state index in [1.165, 1.54) is 6.20 Å². The molecule has 1 aliphatic heterocycles. The minimum absolute atomic E-state index is 0.183. The molecule has 0 radical (unpaired) electrons. The number of rotatable bonds is 5. The monoisotopic (exact) mass is 432 g/mol. The van der Waals surface area contributed by atoms with E-state index in [0.717, 1.165) is 11.3 Å². The van der Waals surface area contributed by atoms with Crippen molar-refractivity contribution in [3.05, 3.63) is 32.5 Å². The van der Waals surface area contributed by atoms with Crippen LogP contribution >= 0.6 is 34.5 Å². The van der Waals surface area contributed by atoms with E-state index in [2.05, 4.69) is 15.3 Å². The number of nitrogens with zero attached hydrogens (tertiary/aromatic N) is 2. The third kappa shape index (κ3) is 4.06. The van der Waals surface area contributed by atoms with Crippen molar-refractivity contribution < 1.29 is 19.4 Å². The van der Waals surface area contributed by atoms with Gasteiger partial charge in [-0.25, -0.2) is 9.78 Å². The molecule has 1 amide bonds. The molecule has 0 bridgehead atoms. The maximum Gasteiger partial charge on any atom is 0.347 e. The van der Waals surface area contributed by atoms with Gasteiger partial charge in [0.2, 0.25) is 0 Å². The summed E-state index contributed by atoms with van der Waals surface area (Å²) in [5, 5.41) is 13.1. The molecule has 8 nitrogen and oxygen atoms in total. The Labute approximate surface area is 169 Å². The van der Waals surface area contributed by atoms with Crippen LogP contribution in [0.25, 0.3) is 0 Å². The average Bonchev–Trinajstić information content (AvgIpc) is 3.23. The van der Waals surface area contributed by atoms with Crippen LogP contribution in [-0.4, -0.2) is 59.3 Å². The van der Waals surface area contributed by atoms with Crippen LogP contribution in [0.1, 0.15) is 32.3 Å². The summed E-state index contributed by atoms with van der Waals surface area (Å²) in [5.74, 6) is -1.35. The second-order valence-electron chi connectivity index (χ2n) is 6.15. The number of hydrogen-bond donors (Lipinski definition) is 3. The zero-order chi connectivity index (χ0) is 19.7. The summed E-state index contributed by atoms with van der Waals surface area (Å²) in [7, 11) is 1.57. The number of aryl methyl sites for hydroxylation is 1. The fourth-order valence-corrected chi connectivity index (χ4v) is 4.18. The minimum atomic E-state index is -0.999. The SMILES string of the molecule is CO[C@H]1CN(c2ncc(C(=O)O)s2)CC[C@@H]1NC(=O)c1[nH]c(C)c(Cl)c1Cl. The number of carbonyl (C=O) groups excluding carboxylic acids is 1. The lowest BCUT2D eigenvalue weighted by Gasteiger charge is -2.37. The number of H-pyrrole nitrogens is 1. The quantitative estimate of drug-likeness (QED) is 0.670. The number of nitrogens with one attached hydrogen (secondary N) is 2. The first-order chi connectivity index (χ1) is 12.8. The topological polar surface area (TPSA) is 108 Å². The van der Waals surface area contributed by atoms with Gasteiger partial charge >= 0.3 is 5.97 Å². The van der Waals surface area contributed by atoms with Crippen LogP contribution in [0.15, 0.2) is 6.20 Å². The number of aromatic amines is 1. The number of amides is 1. The molecule has 0 aliphatic carbocycles. The number of piperidine rings is 1. The van der Waals surface area contributed by atoms with E-state index >= 15 is 0 Å². The maximum absolute atomic E-state index is 12.6. The number of halogens is 2. The number of aromatic nitrogens is 2. The highest BCUT2D eigenvalue weighted by atomic mass is 35.5. The molecular formula is C16H18Cl2N4O4S. The summed E-state index contributed by atoms with van der Waals surface area (Å²) >= 11 is 13.3. The van der Waals surface area contributed by atoms with Crippen LogP contribution in [0.5, 0.6) is 0 Å². The Morgan fingerprint density at radius 1 is 1.44 bits per heavy atom.